The summed E-state index contributed by atoms with van der Waals surface area (Å²) in [7, 11) is 1.62. The van der Waals surface area contributed by atoms with E-state index in [-0.39, 0.29) is 0 Å². The van der Waals surface area contributed by atoms with Crippen LogP contribution >= 0.6 is 22.9 Å². The van der Waals surface area contributed by atoms with Crippen molar-refractivity contribution in [1.82, 2.24) is 0 Å². The van der Waals surface area contributed by atoms with E-state index in [2.05, 4.69) is 0 Å². The first-order valence-corrected chi connectivity index (χ1v) is 3.79. The van der Waals surface area contributed by atoms with Crippen molar-refractivity contribution in [3.8, 4) is 5.06 Å². The number of halogens is 1. The van der Waals surface area contributed by atoms with Gasteiger partial charge in [0, 0.05) is 0 Å². The van der Waals surface area contributed by atoms with Gasteiger partial charge in [-0.2, -0.15) is 0 Å². The second-order valence-corrected chi connectivity index (χ2v) is 2.94. The highest BCUT2D eigenvalue weighted by atomic mass is 35.5. The van der Waals surface area contributed by atoms with Crippen molar-refractivity contribution >= 4 is 22.9 Å². The molecule has 0 unspecified atom stereocenters. The Morgan fingerprint density at radius 3 is 2.56 bits per heavy atom. The molecule has 0 aliphatic carbocycles. The van der Waals surface area contributed by atoms with Crippen LogP contribution < -0.4 is 4.74 Å². The molecule has 1 nitrogen and oxygen atoms in total. The molecule has 0 bridgehead atoms. The van der Waals surface area contributed by atoms with E-state index >= 15 is 0 Å². The molecular formula is C6H7ClOS. The van der Waals surface area contributed by atoms with Crippen molar-refractivity contribution in [3.63, 3.8) is 0 Å². The van der Waals surface area contributed by atoms with Gasteiger partial charge in [-0.15, -0.1) is 11.3 Å². The Morgan fingerprint density at radius 1 is 1.67 bits per heavy atom. The van der Waals surface area contributed by atoms with Crippen LogP contribution in [0.4, 0.5) is 0 Å². The Kier molecular flexibility index (Phi) is 1.98. The topological polar surface area (TPSA) is 9.23 Å². The van der Waals surface area contributed by atoms with Gasteiger partial charge < -0.3 is 4.74 Å². The van der Waals surface area contributed by atoms with Gasteiger partial charge >= 0.3 is 0 Å². The summed E-state index contributed by atoms with van der Waals surface area (Å²) in [6, 6.07) is 0. The molecule has 0 fully saturated rings. The number of hydrogen-bond donors (Lipinski definition) is 0. The van der Waals surface area contributed by atoms with E-state index in [1.54, 1.807) is 7.11 Å². The van der Waals surface area contributed by atoms with Crippen LogP contribution in [0.2, 0.25) is 5.02 Å². The standard InChI is InChI=1S/C6H7ClOS/c1-4-3-9-6(8-2)5(4)7/h3H,1-2H3. The van der Waals surface area contributed by atoms with E-state index in [4.69, 9.17) is 16.3 Å². The van der Waals surface area contributed by atoms with Crippen LogP contribution in [0.5, 0.6) is 5.06 Å². The maximum atomic E-state index is 5.79. The number of ether oxygens (including phenoxy) is 1. The zero-order chi connectivity index (χ0) is 6.85. The highest BCUT2D eigenvalue weighted by Gasteiger charge is 2.03. The number of thiophene rings is 1. The van der Waals surface area contributed by atoms with Crippen LogP contribution in [-0.4, -0.2) is 7.11 Å². The molecule has 3 heteroatoms. The molecule has 9 heavy (non-hydrogen) atoms. The minimum atomic E-state index is 0.738. The molecule has 0 aliphatic heterocycles. The fraction of sp³-hybridized carbons (Fsp3) is 0.333. The Bertz CT molecular complexity index is 207. The molecule has 1 heterocycles. The van der Waals surface area contributed by atoms with Crippen LogP contribution in [0.1, 0.15) is 5.56 Å². The Labute approximate surface area is 63.2 Å². The maximum absolute atomic E-state index is 5.79. The van der Waals surface area contributed by atoms with E-state index in [0.717, 1.165) is 15.6 Å². The number of hydrogen-bond acceptors (Lipinski definition) is 2. The minimum absolute atomic E-state index is 0.738. The average molecular weight is 163 g/mol. The third kappa shape index (κ3) is 1.19. The predicted octanol–water partition coefficient (Wildman–Crippen LogP) is 2.72. The molecule has 1 rings (SSSR count). The molecule has 1 aromatic heterocycles. The van der Waals surface area contributed by atoms with Gasteiger partial charge in [0.25, 0.3) is 0 Å². The normalized spacial score (nSPS) is 9.67. The first-order chi connectivity index (χ1) is 4.25. The van der Waals surface area contributed by atoms with Crippen LogP contribution in [0, 0.1) is 6.92 Å². The Morgan fingerprint density at radius 2 is 2.33 bits per heavy atom. The molecule has 0 N–H and O–H groups in total. The minimum Gasteiger partial charge on any atom is -0.486 e. The summed E-state index contributed by atoms with van der Waals surface area (Å²) in [5, 5.41) is 3.51. The summed E-state index contributed by atoms with van der Waals surface area (Å²) in [5.74, 6) is 0. The van der Waals surface area contributed by atoms with Gasteiger partial charge in [-0.3, -0.25) is 0 Å². The summed E-state index contributed by atoms with van der Waals surface area (Å²) in [6.45, 7) is 1.96. The van der Waals surface area contributed by atoms with Gasteiger partial charge in [-0.25, -0.2) is 0 Å². The lowest BCUT2D eigenvalue weighted by molar-refractivity contribution is 0.427. The summed E-state index contributed by atoms with van der Waals surface area (Å²) in [5.41, 5.74) is 1.08. The second kappa shape index (κ2) is 2.58. The molecular weight excluding hydrogens is 156 g/mol. The third-order valence-electron chi connectivity index (χ3n) is 1.05. The second-order valence-electron chi connectivity index (χ2n) is 1.72. The van der Waals surface area contributed by atoms with Crippen molar-refractivity contribution in [2.45, 2.75) is 6.92 Å². The maximum Gasteiger partial charge on any atom is 0.192 e. The zero-order valence-corrected chi connectivity index (χ0v) is 6.84. The quantitative estimate of drug-likeness (QED) is 0.617. The molecule has 0 saturated heterocycles. The van der Waals surface area contributed by atoms with E-state index < -0.39 is 0 Å². The van der Waals surface area contributed by atoms with Gasteiger partial charge in [0.05, 0.1) is 12.1 Å². The van der Waals surface area contributed by atoms with E-state index in [1.165, 1.54) is 11.3 Å². The van der Waals surface area contributed by atoms with Gasteiger partial charge in [-0.05, 0) is 17.9 Å². The van der Waals surface area contributed by atoms with Crippen LogP contribution in [0.3, 0.4) is 0 Å². The van der Waals surface area contributed by atoms with E-state index in [1.807, 2.05) is 12.3 Å². The van der Waals surface area contributed by atoms with E-state index in [9.17, 15) is 0 Å². The first kappa shape index (κ1) is 6.90. The fourth-order valence-electron chi connectivity index (χ4n) is 0.544. The molecule has 0 saturated carbocycles. The van der Waals surface area contributed by atoms with Crippen molar-refractivity contribution < 1.29 is 4.74 Å². The SMILES string of the molecule is COc1scc(C)c1Cl. The van der Waals surface area contributed by atoms with Crippen LogP contribution in [0.25, 0.3) is 0 Å². The van der Waals surface area contributed by atoms with Crippen LogP contribution in [-0.2, 0) is 0 Å². The molecule has 0 aliphatic rings. The fourth-order valence-corrected chi connectivity index (χ4v) is 1.64. The summed E-state index contributed by atoms with van der Waals surface area (Å²) >= 11 is 7.32. The lowest BCUT2D eigenvalue weighted by Crippen LogP contribution is -1.76. The molecule has 0 radical (unpaired) electrons. The van der Waals surface area contributed by atoms with Crippen LogP contribution in [0.15, 0.2) is 5.38 Å². The average Bonchev–Trinajstić information content (AvgIpc) is 2.15. The highest BCUT2D eigenvalue weighted by Crippen LogP contribution is 2.33. The predicted molar refractivity (Wildman–Crippen MR) is 40.6 cm³/mol. The zero-order valence-electron chi connectivity index (χ0n) is 5.27. The number of methoxy groups -OCH3 is 1. The third-order valence-corrected chi connectivity index (χ3v) is 2.69. The Hall–Kier alpha value is -0.210. The number of aryl methyl sites for hydroxylation is 1. The molecule has 1 aromatic rings. The van der Waals surface area contributed by atoms with E-state index in [0.29, 0.717) is 0 Å². The summed E-state index contributed by atoms with van der Waals surface area (Å²) in [6.07, 6.45) is 0. The smallest absolute Gasteiger partial charge is 0.192 e. The van der Waals surface area contributed by atoms with Gasteiger partial charge in [-0.1, -0.05) is 11.6 Å². The molecule has 0 aromatic carbocycles. The summed E-state index contributed by atoms with van der Waals surface area (Å²) < 4.78 is 4.95. The first-order valence-electron chi connectivity index (χ1n) is 2.53. The highest BCUT2D eigenvalue weighted by molar-refractivity contribution is 7.12. The lowest BCUT2D eigenvalue weighted by atomic mass is 10.4. The lowest BCUT2D eigenvalue weighted by Gasteiger charge is -1.92. The van der Waals surface area contributed by atoms with Gasteiger partial charge in [0.15, 0.2) is 5.06 Å². The van der Waals surface area contributed by atoms with Gasteiger partial charge in [0.1, 0.15) is 0 Å². The van der Waals surface area contributed by atoms with Crippen molar-refractivity contribution in [1.29, 1.82) is 0 Å². The largest absolute Gasteiger partial charge is 0.486 e. The van der Waals surface area contributed by atoms with Crippen molar-refractivity contribution in [3.05, 3.63) is 16.0 Å². The summed E-state index contributed by atoms with van der Waals surface area (Å²) in [4.78, 5) is 0. The number of rotatable bonds is 1. The molecule has 0 spiro atoms. The van der Waals surface area contributed by atoms with Gasteiger partial charge in [0.2, 0.25) is 0 Å². The monoisotopic (exact) mass is 162 g/mol. The van der Waals surface area contributed by atoms with Crippen molar-refractivity contribution in [2.75, 3.05) is 7.11 Å². The molecule has 50 valence electrons. The van der Waals surface area contributed by atoms with Crippen molar-refractivity contribution in [2.24, 2.45) is 0 Å². The Balaban J connectivity index is 3.04. The molecule has 0 atom stereocenters. The molecule has 0 amide bonds.